The number of halogens is 1. The Labute approximate surface area is 173 Å². The summed E-state index contributed by atoms with van der Waals surface area (Å²) in [5, 5.41) is 0. The minimum atomic E-state index is -3.48. The number of nitrogens with zero attached hydrogens (tertiary/aromatic N) is 4. The van der Waals surface area contributed by atoms with E-state index in [4.69, 9.17) is 24.3 Å². The third-order valence-corrected chi connectivity index (χ3v) is 7.14. The Morgan fingerprint density at radius 2 is 2.27 bits per heavy atom. The molecule has 2 aliphatic heterocycles. The van der Waals surface area contributed by atoms with Gasteiger partial charge in [-0.3, -0.25) is 13.7 Å². The van der Waals surface area contributed by atoms with Crippen LogP contribution in [0.2, 0.25) is 0 Å². The molecule has 0 aromatic carbocycles. The molecule has 2 aromatic rings. The number of fused-ring (bicyclic) bond motifs is 2. The van der Waals surface area contributed by atoms with Gasteiger partial charge in [-0.25, -0.2) is 9.37 Å². The fraction of sp³-hybridized carbons (Fsp3) is 0.611. The van der Waals surface area contributed by atoms with Crippen molar-refractivity contribution in [2.75, 3.05) is 25.1 Å². The summed E-state index contributed by atoms with van der Waals surface area (Å²) in [5.74, 6) is -2.06. The van der Waals surface area contributed by atoms with Gasteiger partial charge in [-0.15, -0.1) is 6.58 Å². The summed E-state index contributed by atoms with van der Waals surface area (Å²) in [6.07, 6.45) is 1.63. The summed E-state index contributed by atoms with van der Waals surface area (Å²) in [5.41, 5.74) is 5.60. The number of alkyl halides is 1. The van der Waals surface area contributed by atoms with Crippen molar-refractivity contribution in [1.82, 2.24) is 19.5 Å². The second-order valence-corrected chi connectivity index (χ2v) is 10.0. The molecule has 0 aliphatic carbocycles. The van der Waals surface area contributed by atoms with Gasteiger partial charge in [-0.05, 0) is 13.3 Å². The third-order valence-electron chi connectivity index (χ3n) is 5.28. The van der Waals surface area contributed by atoms with Crippen LogP contribution >= 0.6 is 7.60 Å². The van der Waals surface area contributed by atoms with E-state index in [1.807, 2.05) is 6.92 Å². The Kier molecular flexibility index (Phi) is 5.13. The van der Waals surface area contributed by atoms with E-state index in [2.05, 4.69) is 21.5 Å². The lowest BCUT2D eigenvalue weighted by Gasteiger charge is -2.39. The van der Waals surface area contributed by atoms with Crippen LogP contribution in [0.4, 0.5) is 10.3 Å². The highest BCUT2D eigenvalue weighted by Gasteiger charge is 2.66. The van der Waals surface area contributed by atoms with Crippen LogP contribution in [0.3, 0.4) is 0 Å². The summed E-state index contributed by atoms with van der Waals surface area (Å²) in [4.78, 5) is 12.6. The fourth-order valence-corrected chi connectivity index (χ4v) is 5.80. The van der Waals surface area contributed by atoms with Gasteiger partial charge in [0.1, 0.15) is 18.9 Å². The molecule has 2 fully saturated rings. The number of ether oxygens (including phenoxy) is 2. The number of nitrogens with two attached hydrogens (primary N) is 1. The molecule has 4 heterocycles. The first-order chi connectivity index (χ1) is 14.1. The Bertz CT molecular complexity index is 1030. The molecule has 0 saturated carbocycles. The van der Waals surface area contributed by atoms with E-state index in [1.54, 1.807) is 24.5 Å². The monoisotopic (exact) mass is 441 g/mol. The Morgan fingerprint density at radius 1 is 1.50 bits per heavy atom. The molecule has 2 N–H and O–H groups in total. The highest BCUT2D eigenvalue weighted by Crippen LogP contribution is 2.64. The maximum Gasteiger partial charge on any atom is 0.331 e. The van der Waals surface area contributed by atoms with E-state index >= 15 is 4.39 Å². The number of nitrogen functional groups attached to an aromatic ring is 1. The zero-order chi connectivity index (χ0) is 21.7. The first-order valence-electron chi connectivity index (χ1n) is 9.66. The predicted molar refractivity (Wildman–Crippen MR) is 107 cm³/mol. The average molecular weight is 441 g/mol. The molecule has 2 aliphatic rings. The highest BCUT2D eigenvalue weighted by atomic mass is 31.2. The average Bonchev–Trinajstić information content (AvgIpc) is 3.18. The van der Waals surface area contributed by atoms with Gasteiger partial charge in [-0.1, -0.05) is 19.9 Å². The van der Waals surface area contributed by atoms with Crippen molar-refractivity contribution in [1.29, 1.82) is 0 Å². The predicted octanol–water partition coefficient (Wildman–Crippen LogP) is 3.21. The smallest absolute Gasteiger partial charge is 0.331 e. The summed E-state index contributed by atoms with van der Waals surface area (Å²) >= 11 is 0. The molecule has 2 aromatic heterocycles. The van der Waals surface area contributed by atoms with Crippen molar-refractivity contribution in [3.63, 3.8) is 0 Å². The molecule has 4 atom stereocenters. The zero-order valence-electron chi connectivity index (χ0n) is 17.1. The van der Waals surface area contributed by atoms with Gasteiger partial charge in [0.25, 0.3) is 5.85 Å². The van der Waals surface area contributed by atoms with E-state index in [0.717, 1.165) is 0 Å². The second-order valence-electron chi connectivity index (χ2n) is 7.89. The Hall–Kier alpha value is -2.07. The minimum absolute atomic E-state index is 0.00982. The first-order valence-corrected chi connectivity index (χ1v) is 11.4. The van der Waals surface area contributed by atoms with Gasteiger partial charge in [0.2, 0.25) is 11.8 Å². The molecule has 2 unspecified atom stereocenters. The SMILES string of the molecule is C=CCCP1(=O)OC[C@@]2(F)O[C@@H](n3cnc4c(OCC)nc(N)nc43)C(C)(C)C2O1. The maximum atomic E-state index is 15.7. The van der Waals surface area contributed by atoms with Crippen LogP contribution in [0.25, 0.3) is 11.2 Å². The second kappa shape index (κ2) is 7.26. The van der Waals surface area contributed by atoms with Crippen molar-refractivity contribution in [3.05, 3.63) is 19.0 Å². The van der Waals surface area contributed by atoms with Crippen LogP contribution in [0.15, 0.2) is 19.0 Å². The van der Waals surface area contributed by atoms with E-state index in [-0.39, 0.29) is 18.0 Å². The normalized spacial score (nSPS) is 32.8. The van der Waals surface area contributed by atoms with E-state index < -0.39 is 37.8 Å². The number of imidazole rings is 1. The molecule has 2 saturated heterocycles. The molecular formula is C18H25FN5O5P. The number of hydrogen-bond acceptors (Lipinski definition) is 9. The zero-order valence-corrected chi connectivity index (χ0v) is 18.0. The number of hydrogen-bond donors (Lipinski definition) is 1. The van der Waals surface area contributed by atoms with Crippen LogP contribution in [-0.4, -0.2) is 50.9 Å². The Balaban J connectivity index is 1.73. The molecular weight excluding hydrogens is 416 g/mol. The van der Waals surface area contributed by atoms with Crippen LogP contribution in [-0.2, 0) is 18.3 Å². The number of allylic oxidation sites excluding steroid dienone is 1. The molecule has 30 heavy (non-hydrogen) atoms. The van der Waals surface area contributed by atoms with Crippen molar-refractivity contribution < 1.29 is 27.5 Å². The lowest BCUT2D eigenvalue weighted by atomic mass is 9.84. The van der Waals surface area contributed by atoms with Crippen LogP contribution in [0.1, 0.15) is 33.4 Å². The summed E-state index contributed by atoms with van der Waals surface area (Å²) in [6.45, 7) is 8.83. The van der Waals surface area contributed by atoms with Crippen molar-refractivity contribution in [2.45, 2.75) is 45.4 Å². The quantitative estimate of drug-likeness (QED) is 0.531. The molecule has 164 valence electrons. The first kappa shape index (κ1) is 21.2. The molecule has 0 bridgehead atoms. The van der Waals surface area contributed by atoms with Gasteiger partial charge < -0.3 is 19.7 Å². The third kappa shape index (κ3) is 3.30. The largest absolute Gasteiger partial charge is 0.476 e. The van der Waals surface area contributed by atoms with Crippen molar-refractivity contribution in [2.24, 2.45) is 5.41 Å². The van der Waals surface area contributed by atoms with Crippen molar-refractivity contribution >= 4 is 24.7 Å². The van der Waals surface area contributed by atoms with Crippen LogP contribution in [0.5, 0.6) is 5.88 Å². The van der Waals surface area contributed by atoms with Gasteiger partial charge >= 0.3 is 7.60 Å². The van der Waals surface area contributed by atoms with Crippen LogP contribution in [0, 0.1) is 5.41 Å². The summed E-state index contributed by atoms with van der Waals surface area (Å²) in [7, 11) is -3.48. The molecule has 4 rings (SSSR count). The number of aromatic nitrogens is 4. The molecule has 12 heteroatoms. The highest BCUT2D eigenvalue weighted by molar-refractivity contribution is 7.53. The lowest BCUT2D eigenvalue weighted by Crippen LogP contribution is -2.48. The van der Waals surface area contributed by atoms with E-state index in [1.165, 1.54) is 6.33 Å². The van der Waals surface area contributed by atoms with Gasteiger partial charge in [-0.2, -0.15) is 9.97 Å². The Morgan fingerprint density at radius 3 is 2.97 bits per heavy atom. The van der Waals surface area contributed by atoms with E-state index in [0.29, 0.717) is 24.2 Å². The molecule has 0 radical (unpaired) electrons. The van der Waals surface area contributed by atoms with Gasteiger partial charge in [0.05, 0.1) is 19.1 Å². The van der Waals surface area contributed by atoms with Gasteiger partial charge in [0.15, 0.2) is 11.2 Å². The number of rotatable bonds is 6. The van der Waals surface area contributed by atoms with Crippen LogP contribution < -0.4 is 10.5 Å². The summed E-state index contributed by atoms with van der Waals surface area (Å²) in [6, 6.07) is 0. The maximum absolute atomic E-state index is 15.7. The van der Waals surface area contributed by atoms with Crippen molar-refractivity contribution in [3.8, 4) is 5.88 Å². The lowest BCUT2D eigenvalue weighted by molar-refractivity contribution is -0.213. The van der Waals surface area contributed by atoms with Gasteiger partial charge in [0, 0.05) is 5.41 Å². The summed E-state index contributed by atoms with van der Waals surface area (Å²) < 4.78 is 52.5. The molecule has 0 amide bonds. The topological polar surface area (TPSA) is 124 Å². The fourth-order valence-electron chi connectivity index (χ4n) is 3.88. The molecule has 10 nitrogen and oxygen atoms in total. The molecule has 0 spiro atoms. The minimum Gasteiger partial charge on any atom is -0.476 e. The number of anilines is 1. The standard InChI is InChI=1S/C18H25FN5O5P/c1-5-7-8-30(25)27-9-18(19)14(29-30)17(3,4)15(28-18)24-10-21-11-12(24)22-16(20)23-13(11)26-6-2/h5,10,14-15H,1,6-9H2,2-4H3,(H2,20,22,23)/t14?,15-,18-,30?/m1/s1. The van der Waals surface area contributed by atoms with E-state index in [9.17, 15) is 4.57 Å².